The number of halogens is 2. The molecule has 0 atom stereocenters. The summed E-state index contributed by atoms with van der Waals surface area (Å²) in [6, 6.07) is 9.73. The average molecular weight is 403 g/mol. The van der Waals surface area contributed by atoms with Gasteiger partial charge >= 0.3 is 5.69 Å². The molecule has 0 spiro atoms. The number of nitro benzene ring substituents is 1. The lowest BCUT2D eigenvalue weighted by atomic mass is 10.3. The molecule has 0 heterocycles. The van der Waals surface area contributed by atoms with Crippen LogP contribution in [-0.4, -0.2) is 12.0 Å². The van der Waals surface area contributed by atoms with Gasteiger partial charge in [-0.25, -0.2) is 0 Å². The van der Waals surface area contributed by atoms with Crippen molar-refractivity contribution in [3.8, 4) is 17.2 Å². The van der Waals surface area contributed by atoms with Crippen molar-refractivity contribution in [1.82, 2.24) is 0 Å². The van der Waals surface area contributed by atoms with Gasteiger partial charge < -0.3 is 9.47 Å². The smallest absolute Gasteiger partial charge is 0.312 e. The number of hydrogen-bond acceptors (Lipinski definition) is 4. The predicted molar refractivity (Wildman–Crippen MR) is 81.6 cm³/mol. The van der Waals surface area contributed by atoms with Crippen LogP contribution in [0.1, 0.15) is 0 Å². The minimum Gasteiger partial charge on any atom is -0.497 e. The van der Waals surface area contributed by atoms with Crippen molar-refractivity contribution in [1.29, 1.82) is 0 Å². The second-order valence-electron chi connectivity index (χ2n) is 3.77. The van der Waals surface area contributed by atoms with Crippen molar-refractivity contribution in [3.05, 3.63) is 55.5 Å². The molecular formula is C13H9Br2NO4. The summed E-state index contributed by atoms with van der Waals surface area (Å²) >= 11 is 6.53. The van der Waals surface area contributed by atoms with E-state index in [4.69, 9.17) is 9.47 Å². The molecule has 0 saturated heterocycles. The molecule has 0 saturated carbocycles. The average Bonchev–Trinajstić information content (AvgIpc) is 2.42. The van der Waals surface area contributed by atoms with E-state index in [0.717, 1.165) is 0 Å². The van der Waals surface area contributed by atoms with Crippen molar-refractivity contribution in [2.24, 2.45) is 0 Å². The summed E-state index contributed by atoms with van der Waals surface area (Å²) in [4.78, 5) is 10.5. The highest BCUT2D eigenvalue weighted by Crippen LogP contribution is 2.37. The zero-order valence-electron chi connectivity index (χ0n) is 10.3. The molecule has 0 amide bonds. The van der Waals surface area contributed by atoms with Crippen molar-refractivity contribution in [3.63, 3.8) is 0 Å². The van der Waals surface area contributed by atoms with Crippen molar-refractivity contribution < 1.29 is 14.4 Å². The quantitative estimate of drug-likeness (QED) is 0.537. The van der Waals surface area contributed by atoms with E-state index >= 15 is 0 Å². The second kappa shape index (κ2) is 6.23. The van der Waals surface area contributed by atoms with E-state index in [1.807, 2.05) is 0 Å². The van der Waals surface area contributed by atoms with E-state index in [1.165, 1.54) is 6.07 Å². The fourth-order valence-corrected chi connectivity index (χ4v) is 2.32. The van der Waals surface area contributed by atoms with Gasteiger partial charge in [-0.3, -0.25) is 10.1 Å². The van der Waals surface area contributed by atoms with Gasteiger partial charge in [-0.1, -0.05) is 15.9 Å². The highest BCUT2D eigenvalue weighted by Gasteiger charge is 2.17. The molecule has 2 aromatic carbocycles. The number of ether oxygens (including phenoxy) is 2. The molecule has 0 aliphatic rings. The van der Waals surface area contributed by atoms with Crippen LogP contribution in [0.5, 0.6) is 17.2 Å². The zero-order valence-corrected chi connectivity index (χ0v) is 13.5. The fraction of sp³-hybridized carbons (Fsp3) is 0.0769. The molecule has 2 aromatic rings. The maximum Gasteiger partial charge on any atom is 0.312 e. The van der Waals surface area contributed by atoms with Crippen LogP contribution < -0.4 is 9.47 Å². The van der Waals surface area contributed by atoms with Gasteiger partial charge in [-0.05, 0) is 46.3 Å². The normalized spacial score (nSPS) is 10.2. The summed E-state index contributed by atoms with van der Waals surface area (Å²) in [5.41, 5.74) is -0.109. The van der Waals surface area contributed by atoms with Crippen molar-refractivity contribution >= 4 is 37.5 Å². The lowest BCUT2D eigenvalue weighted by Crippen LogP contribution is -1.94. The molecule has 0 aromatic heterocycles. The SMILES string of the molecule is COc1ccc(Oc2ccc(Br)cc2[N+](=O)[O-])c(Br)c1. The molecule has 2 rings (SSSR count). The number of rotatable bonds is 4. The van der Waals surface area contributed by atoms with Crippen LogP contribution in [0.2, 0.25) is 0 Å². The van der Waals surface area contributed by atoms with Gasteiger partial charge in [0.2, 0.25) is 5.75 Å². The highest BCUT2D eigenvalue weighted by molar-refractivity contribution is 9.10. The largest absolute Gasteiger partial charge is 0.497 e. The van der Waals surface area contributed by atoms with Gasteiger partial charge in [0.1, 0.15) is 11.5 Å². The molecule has 0 unspecified atom stereocenters. The third kappa shape index (κ3) is 3.29. The lowest BCUT2D eigenvalue weighted by Gasteiger charge is -2.09. The van der Waals surface area contributed by atoms with Gasteiger partial charge in [-0.15, -0.1) is 0 Å². The summed E-state index contributed by atoms with van der Waals surface area (Å²) in [6.45, 7) is 0. The number of nitrogens with zero attached hydrogens (tertiary/aromatic N) is 1. The Morgan fingerprint density at radius 3 is 2.40 bits per heavy atom. The number of hydrogen-bond donors (Lipinski definition) is 0. The van der Waals surface area contributed by atoms with Crippen LogP contribution in [-0.2, 0) is 0 Å². The Morgan fingerprint density at radius 1 is 1.10 bits per heavy atom. The van der Waals surface area contributed by atoms with Crippen molar-refractivity contribution in [2.75, 3.05) is 7.11 Å². The van der Waals surface area contributed by atoms with Crippen LogP contribution in [0.15, 0.2) is 45.3 Å². The summed E-state index contributed by atoms with van der Waals surface area (Å²) in [5, 5.41) is 11.0. The molecule has 0 bridgehead atoms. The maximum atomic E-state index is 11.0. The maximum absolute atomic E-state index is 11.0. The van der Waals surface area contributed by atoms with Gasteiger partial charge in [0.05, 0.1) is 16.5 Å². The molecule has 0 radical (unpaired) electrons. The Morgan fingerprint density at radius 2 is 1.80 bits per heavy atom. The van der Waals surface area contributed by atoms with Crippen LogP contribution in [0.3, 0.4) is 0 Å². The summed E-state index contributed by atoms with van der Waals surface area (Å²) < 4.78 is 11.9. The standard InChI is InChI=1S/C13H9Br2NO4/c1-19-9-3-5-12(10(15)7-9)20-13-4-2-8(14)6-11(13)16(17)18/h2-7H,1H3. The van der Waals surface area contributed by atoms with Gasteiger partial charge in [0, 0.05) is 10.5 Å². The van der Waals surface area contributed by atoms with Gasteiger partial charge in [-0.2, -0.15) is 0 Å². The van der Waals surface area contributed by atoms with Crippen LogP contribution >= 0.6 is 31.9 Å². The fourth-order valence-electron chi connectivity index (χ4n) is 1.53. The first-order chi connectivity index (χ1) is 9.51. The summed E-state index contributed by atoms with van der Waals surface area (Å²) in [6.07, 6.45) is 0. The molecule has 0 aliphatic carbocycles. The number of nitro groups is 1. The molecule has 20 heavy (non-hydrogen) atoms. The van der Waals surface area contributed by atoms with Crippen LogP contribution in [0.25, 0.3) is 0 Å². The molecule has 0 fully saturated rings. The molecule has 5 nitrogen and oxygen atoms in total. The van der Waals surface area contributed by atoms with E-state index < -0.39 is 4.92 Å². The summed E-state index contributed by atoms with van der Waals surface area (Å²) in [7, 11) is 1.56. The third-order valence-corrected chi connectivity index (χ3v) is 3.59. The lowest BCUT2D eigenvalue weighted by molar-refractivity contribution is -0.385. The molecular weight excluding hydrogens is 394 g/mol. The van der Waals surface area contributed by atoms with Crippen molar-refractivity contribution in [2.45, 2.75) is 0 Å². The van der Waals surface area contributed by atoms with E-state index in [1.54, 1.807) is 37.4 Å². The first-order valence-corrected chi connectivity index (χ1v) is 7.05. The first-order valence-electron chi connectivity index (χ1n) is 5.46. The monoisotopic (exact) mass is 401 g/mol. The minimum atomic E-state index is -0.489. The van der Waals surface area contributed by atoms with E-state index in [0.29, 0.717) is 20.4 Å². The Kier molecular flexibility index (Phi) is 4.61. The predicted octanol–water partition coefficient (Wildman–Crippen LogP) is 4.92. The molecule has 0 N–H and O–H groups in total. The molecule has 104 valence electrons. The number of benzene rings is 2. The Labute approximate surface area is 131 Å². The Balaban J connectivity index is 2.37. The minimum absolute atomic E-state index is 0.109. The Bertz CT molecular complexity index is 661. The zero-order chi connectivity index (χ0) is 14.7. The number of methoxy groups -OCH3 is 1. The van der Waals surface area contributed by atoms with E-state index in [9.17, 15) is 10.1 Å². The van der Waals surface area contributed by atoms with Gasteiger partial charge in [0.15, 0.2) is 0 Å². The first kappa shape index (κ1) is 14.8. The second-order valence-corrected chi connectivity index (χ2v) is 5.54. The topological polar surface area (TPSA) is 61.6 Å². The van der Waals surface area contributed by atoms with E-state index in [2.05, 4.69) is 31.9 Å². The van der Waals surface area contributed by atoms with Gasteiger partial charge in [0.25, 0.3) is 0 Å². The highest BCUT2D eigenvalue weighted by atomic mass is 79.9. The molecule has 0 aliphatic heterocycles. The Hall–Kier alpha value is -1.60. The van der Waals surface area contributed by atoms with E-state index in [-0.39, 0.29) is 11.4 Å². The molecule has 7 heteroatoms. The van der Waals surface area contributed by atoms with Crippen LogP contribution in [0.4, 0.5) is 5.69 Å². The summed E-state index contributed by atoms with van der Waals surface area (Å²) in [5.74, 6) is 1.30. The third-order valence-electron chi connectivity index (χ3n) is 2.48. The van der Waals surface area contributed by atoms with Crippen LogP contribution in [0, 0.1) is 10.1 Å².